The highest BCUT2D eigenvalue weighted by atomic mass is 16.3. The summed E-state index contributed by atoms with van der Waals surface area (Å²) in [5.74, 6) is -0.217. The first-order chi connectivity index (χ1) is 9.09. The molecule has 1 aliphatic carbocycles. The Bertz CT molecular complexity index is 528. The van der Waals surface area contributed by atoms with Gasteiger partial charge in [-0.1, -0.05) is 12.8 Å². The number of hydrogen-bond acceptors (Lipinski definition) is 3. The van der Waals surface area contributed by atoms with Crippen LogP contribution in [0.1, 0.15) is 31.2 Å². The van der Waals surface area contributed by atoms with E-state index in [1.54, 1.807) is 19.1 Å². The average molecular weight is 259 g/mol. The van der Waals surface area contributed by atoms with Crippen LogP contribution in [0.2, 0.25) is 0 Å². The number of fused-ring (bicyclic) bond motifs is 1. The number of imide groups is 1. The van der Waals surface area contributed by atoms with Gasteiger partial charge in [0.25, 0.3) is 0 Å². The van der Waals surface area contributed by atoms with Crippen LogP contribution in [0, 0.1) is 18.8 Å². The normalized spacial score (nSPS) is 26.7. The van der Waals surface area contributed by atoms with Gasteiger partial charge in [-0.15, -0.1) is 0 Å². The Morgan fingerprint density at radius 2 is 1.68 bits per heavy atom. The first-order valence-electron chi connectivity index (χ1n) is 6.77. The molecule has 4 heteroatoms. The van der Waals surface area contributed by atoms with E-state index in [2.05, 4.69) is 0 Å². The lowest BCUT2D eigenvalue weighted by molar-refractivity contribution is -0.122. The number of carbonyl (C=O) groups excluding carboxylic acids is 2. The maximum atomic E-state index is 12.4. The molecule has 2 unspecified atom stereocenters. The van der Waals surface area contributed by atoms with Gasteiger partial charge in [-0.3, -0.25) is 14.5 Å². The fourth-order valence-corrected chi connectivity index (χ4v) is 3.20. The SMILES string of the molecule is Cc1cc(N2C(=O)C3CCCCC3C2=O)ccc1O. The number of phenols is 1. The van der Waals surface area contributed by atoms with Crippen LogP contribution in [0.3, 0.4) is 0 Å². The lowest BCUT2D eigenvalue weighted by Gasteiger charge is -2.19. The van der Waals surface area contributed by atoms with Gasteiger partial charge in [-0.25, -0.2) is 0 Å². The van der Waals surface area contributed by atoms with Crippen molar-refractivity contribution in [2.45, 2.75) is 32.6 Å². The highest BCUT2D eigenvalue weighted by Gasteiger charge is 2.48. The van der Waals surface area contributed by atoms with Gasteiger partial charge in [0, 0.05) is 0 Å². The molecule has 2 amide bonds. The number of aryl methyl sites for hydroxylation is 1. The Hall–Kier alpha value is -1.84. The molecule has 1 N–H and O–H groups in total. The molecule has 1 saturated heterocycles. The Morgan fingerprint density at radius 3 is 2.21 bits per heavy atom. The quantitative estimate of drug-likeness (QED) is 0.788. The molecular weight excluding hydrogens is 242 g/mol. The van der Waals surface area contributed by atoms with Crippen LogP contribution < -0.4 is 4.90 Å². The predicted octanol–water partition coefficient (Wildman–Crippen LogP) is 2.38. The number of amides is 2. The van der Waals surface area contributed by atoms with E-state index >= 15 is 0 Å². The summed E-state index contributed by atoms with van der Waals surface area (Å²) >= 11 is 0. The fourth-order valence-electron chi connectivity index (χ4n) is 3.20. The van der Waals surface area contributed by atoms with Crippen molar-refractivity contribution in [1.82, 2.24) is 0 Å². The number of anilines is 1. The summed E-state index contributed by atoms with van der Waals surface area (Å²) in [5.41, 5.74) is 1.26. The minimum Gasteiger partial charge on any atom is -0.508 e. The third-order valence-electron chi connectivity index (χ3n) is 4.28. The summed E-state index contributed by atoms with van der Waals surface area (Å²) in [4.78, 5) is 26.1. The molecule has 19 heavy (non-hydrogen) atoms. The number of hydrogen-bond donors (Lipinski definition) is 1. The van der Waals surface area contributed by atoms with Crippen molar-refractivity contribution >= 4 is 17.5 Å². The van der Waals surface area contributed by atoms with E-state index in [9.17, 15) is 14.7 Å². The average Bonchev–Trinajstić information content (AvgIpc) is 2.66. The molecule has 0 bridgehead atoms. The van der Waals surface area contributed by atoms with Gasteiger partial charge in [0.05, 0.1) is 17.5 Å². The molecule has 1 aromatic rings. The van der Waals surface area contributed by atoms with Gasteiger partial charge < -0.3 is 5.11 Å². The van der Waals surface area contributed by atoms with Crippen molar-refractivity contribution in [2.75, 3.05) is 4.90 Å². The maximum absolute atomic E-state index is 12.4. The molecule has 1 aliphatic heterocycles. The van der Waals surface area contributed by atoms with Gasteiger partial charge in [-0.05, 0) is 43.5 Å². The number of phenolic OH excluding ortho intramolecular Hbond substituents is 1. The zero-order chi connectivity index (χ0) is 13.6. The fraction of sp³-hybridized carbons (Fsp3) is 0.467. The van der Waals surface area contributed by atoms with Gasteiger partial charge in [-0.2, -0.15) is 0 Å². The molecule has 2 atom stereocenters. The Labute approximate surface area is 112 Å². The Kier molecular flexibility index (Phi) is 2.81. The summed E-state index contributed by atoms with van der Waals surface area (Å²) in [6, 6.07) is 4.87. The van der Waals surface area contributed by atoms with Crippen LogP contribution in [0.4, 0.5) is 5.69 Å². The van der Waals surface area contributed by atoms with Gasteiger partial charge in [0.15, 0.2) is 0 Å². The lowest BCUT2D eigenvalue weighted by Crippen LogP contribution is -2.30. The number of rotatable bonds is 1. The minimum absolute atomic E-state index is 0.0696. The van der Waals surface area contributed by atoms with E-state index in [4.69, 9.17) is 0 Å². The zero-order valence-electron chi connectivity index (χ0n) is 10.9. The number of nitrogens with zero attached hydrogens (tertiary/aromatic N) is 1. The minimum atomic E-state index is -0.129. The van der Waals surface area contributed by atoms with Crippen LogP contribution in [0.25, 0.3) is 0 Å². The first-order valence-corrected chi connectivity index (χ1v) is 6.77. The van der Waals surface area contributed by atoms with Crippen molar-refractivity contribution < 1.29 is 14.7 Å². The summed E-state index contributed by atoms with van der Waals surface area (Å²) in [6.45, 7) is 1.76. The molecule has 1 heterocycles. The van der Waals surface area contributed by atoms with Gasteiger partial charge in [0.1, 0.15) is 5.75 Å². The van der Waals surface area contributed by atoms with Crippen molar-refractivity contribution in [3.8, 4) is 5.75 Å². The summed E-state index contributed by atoms with van der Waals surface area (Å²) < 4.78 is 0. The summed E-state index contributed by atoms with van der Waals surface area (Å²) in [5, 5.41) is 9.54. The Balaban J connectivity index is 1.98. The molecule has 1 aromatic carbocycles. The maximum Gasteiger partial charge on any atom is 0.237 e. The van der Waals surface area contributed by atoms with Crippen LogP contribution in [-0.4, -0.2) is 16.9 Å². The third-order valence-corrected chi connectivity index (χ3v) is 4.28. The number of carbonyl (C=O) groups is 2. The van der Waals surface area contributed by atoms with E-state index in [0.717, 1.165) is 25.7 Å². The molecule has 0 spiro atoms. The lowest BCUT2D eigenvalue weighted by atomic mass is 9.81. The molecule has 4 nitrogen and oxygen atoms in total. The van der Waals surface area contributed by atoms with Crippen molar-refractivity contribution in [3.63, 3.8) is 0 Å². The molecule has 100 valence electrons. The van der Waals surface area contributed by atoms with Gasteiger partial charge >= 0.3 is 0 Å². The van der Waals surface area contributed by atoms with Crippen LogP contribution in [0.15, 0.2) is 18.2 Å². The molecule has 3 rings (SSSR count). The van der Waals surface area contributed by atoms with Crippen LogP contribution >= 0.6 is 0 Å². The third kappa shape index (κ3) is 1.82. The van der Waals surface area contributed by atoms with Crippen LogP contribution in [-0.2, 0) is 9.59 Å². The zero-order valence-corrected chi connectivity index (χ0v) is 10.9. The molecule has 2 aliphatic rings. The van der Waals surface area contributed by atoms with Gasteiger partial charge in [0.2, 0.25) is 11.8 Å². The van der Waals surface area contributed by atoms with Crippen molar-refractivity contribution in [1.29, 1.82) is 0 Å². The predicted molar refractivity (Wildman–Crippen MR) is 70.8 cm³/mol. The van der Waals surface area contributed by atoms with E-state index in [-0.39, 0.29) is 29.4 Å². The largest absolute Gasteiger partial charge is 0.508 e. The second-order valence-corrected chi connectivity index (χ2v) is 5.48. The molecular formula is C15H17NO3. The molecule has 0 aromatic heterocycles. The second-order valence-electron chi connectivity index (χ2n) is 5.48. The Morgan fingerprint density at radius 1 is 1.11 bits per heavy atom. The monoisotopic (exact) mass is 259 g/mol. The highest BCUT2D eigenvalue weighted by molar-refractivity contribution is 6.22. The number of benzene rings is 1. The molecule has 1 saturated carbocycles. The summed E-state index contributed by atoms with van der Waals surface area (Å²) in [7, 11) is 0. The van der Waals surface area contributed by atoms with E-state index in [1.807, 2.05) is 0 Å². The smallest absolute Gasteiger partial charge is 0.237 e. The van der Waals surface area contributed by atoms with E-state index < -0.39 is 0 Å². The molecule has 0 radical (unpaired) electrons. The van der Waals surface area contributed by atoms with E-state index in [0.29, 0.717) is 11.3 Å². The second kappa shape index (κ2) is 4.37. The van der Waals surface area contributed by atoms with Crippen molar-refractivity contribution in [2.24, 2.45) is 11.8 Å². The number of aromatic hydroxyl groups is 1. The molecule has 2 fully saturated rings. The van der Waals surface area contributed by atoms with E-state index in [1.165, 1.54) is 11.0 Å². The highest BCUT2D eigenvalue weighted by Crippen LogP contribution is 2.40. The van der Waals surface area contributed by atoms with Crippen molar-refractivity contribution in [3.05, 3.63) is 23.8 Å². The topological polar surface area (TPSA) is 57.6 Å². The standard InChI is InChI=1S/C15H17NO3/c1-9-8-10(6-7-13(9)17)16-14(18)11-4-2-3-5-12(11)15(16)19/h6-8,11-12,17H,2-5H2,1H3. The first kappa shape index (κ1) is 12.2. The van der Waals surface area contributed by atoms with Crippen LogP contribution in [0.5, 0.6) is 5.75 Å². The summed E-state index contributed by atoms with van der Waals surface area (Å²) in [6.07, 6.45) is 3.71.